The molecule has 0 saturated carbocycles. The number of hydrogen-bond acceptors (Lipinski definition) is 5. The number of halogens is 2. The maximum Gasteiger partial charge on any atom is 0.333 e. The molecule has 3 N–H and O–H groups in total. The number of hydrogen-bond donors (Lipinski definition) is 2. The van der Waals surface area contributed by atoms with Crippen LogP contribution in [-0.2, 0) is 6.42 Å². The van der Waals surface area contributed by atoms with Gasteiger partial charge < -0.3 is 10.5 Å². The Balaban J connectivity index is 1.58. The molecular weight excluding hydrogens is 376 g/mol. The second-order valence-electron chi connectivity index (χ2n) is 6.78. The van der Waals surface area contributed by atoms with Crippen molar-refractivity contribution in [2.24, 2.45) is 0 Å². The summed E-state index contributed by atoms with van der Waals surface area (Å²) in [4.78, 5) is 0. The summed E-state index contributed by atoms with van der Waals surface area (Å²) in [7, 11) is 0. The molecule has 1 aliphatic carbocycles. The minimum atomic E-state index is -2.77. The second-order valence-corrected chi connectivity index (χ2v) is 6.78. The van der Waals surface area contributed by atoms with Crippen LogP contribution in [0.1, 0.15) is 46.9 Å². The molecule has 1 aromatic heterocycles. The third-order valence-electron chi connectivity index (χ3n) is 4.96. The highest BCUT2D eigenvalue weighted by Crippen LogP contribution is 2.36. The predicted octanol–water partition coefficient (Wildman–Crippen LogP) is 4.21. The standard InChI is InChI=1S/C21H17F2N5O/c22-21(23)28-11-14(10-27-28)20(26)17-8-15(3-5-18(17)25)29-19-6-2-13-7-12(9-24)1-4-16(13)19/h1,3-5,7-8,10-11,19,21,26H,2,6,25H2. The number of nitrogen functional groups attached to an aromatic ring is 1. The number of anilines is 1. The van der Waals surface area contributed by atoms with Crippen molar-refractivity contribution in [1.29, 1.82) is 10.7 Å². The molecule has 2 aromatic carbocycles. The van der Waals surface area contributed by atoms with Gasteiger partial charge in [-0.1, -0.05) is 6.07 Å². The highest BCUT2D eigenvalue weighted by Gasteiger charge is 2.25. The van der Waals surface area contributed by atoms with Crippen molar-refractivity contribution < 1.29 is 13.5 Å². The molecule has 146 valence electrons. The van der Waals surface area contributed by atoms with Gasteiger partial charge in [0.1, 0.15) is 11.9 Å². The van der Waals surface area contributed by atoms with Gasteiger partial charge in [0.05, 0.1) is 23.5 Å². The normalized spacial score (nSPS) is 15.2. The smallest absolute Gasteiger partial charge is 0.333 e. The molecule has 0 amide bonds. The van der Waals surface area contributed by atoms with Crippen LogP contribution in [0, 0.1) is 16.7 Å². The van der Waals surface area contributed by atoms with Gasteiger partial charge in [-0.25, -0.2) is 4.68 Å². The summed E-state index contributed by atoms with van der Waals surface area (Å²) in [6.07, 6.45) is 3.76. The molecule has 6 nitrogen and oxygen atoms in total. The van der Waals surface area contributed by atoms with Crippen LogP contribution in [0.3, 0.4) is 0 Å². The first-order valence-electron chi connectivity index (χ1n) is 8.97. The van der Waals surface area contributed by atoms with Crippen molar-refractivity contribution >= 4 is 11.4 Å². The van der Waals surface area contributed by atoms with Crippen LogP contribution in [0.5, 0.6) is 5.75 Å². The van der Waals surface area contributed by atoms with E-state index in [4.69, 9.17) is 21.1 Å². The van der Waals surface area contributed by atoms with E-state index >= 15 is 0 Å². The lowest BCUT2D eigenvalue weighted by Gasteiger charge is -2.17. The molecule has 1 atom stereocenters. The summed E-state index contributed by atoms with van der Waals surface area (Å²) in [5.74, 6) is 0.530. The Hall–Kier alpha value is -3.73. The van der Waals surface area contributed by atoms with E-state index in [1.807, 2.05) is 12.1 Å². The fourth-order valence-electron chi connectivity index (χ4n) is 3.49. The number of alkyl halides is 2. The number of nitrogens with one attached hydrogen (secondary N) is 1. The van der Waals surface area contributed by atoms with Crippen LogP contribution < -0.4 is 10.5 Å². The molecule has 0 spiro atoms. The molecule has 1 aliphatic rings. The van der Waals surface area contributed by atoms with Crippen molar-refractivity contribution in [3.8, 4) is 11.8 Å². The van der Waals surface area contributed by atoms with Crippen LogP contribution in [0.4, 0.5) is 14.5 Å². The Bertz CT molecular complexity index is 1130. The van der Waals surface area contributed by atoms with Gasteiger partial charge in [-0.2, -0.15) is 19.1 Å². The van der Waals surface area contributed by atoms with E-state index in [9.17, 15) is 8.78 Å². The number of aromatic nitrogens is 2. The maximum atomic E-state index is 12.8. The highest BCUT2D eigenvalue weighted by atomic mass is 19.3. The highest BCUT2D eigenvalue weighted by molar-refractivity contribution is 6.13. The first kappa shape index (κ1) is 18.6. The molecule has 0 radical (unpaired) electrons. The monoisotopic (exact) mass is 393 g/mol. The van der Waals surface area contributed by atoms with Gasteiger partial charge in [0.15, 0.2) is 0 Å². The Morgan fingerprint density at radius 1 is 1.31 bits per heavy atom. The van der Waals surface area contributed by atoms with Crippen molar-refractivity contribution in [3.05, 3.63) is 76.6 Å². The minimum Gasteiger partial charge on any atom is -0.486 e. The number of rotatable bonds is 5. The van der Waals surface area contributed by atoms with Crippen molar-refractivity contribution in [1.82, 2.24) is 9.78 Å². The number of benzene rings is 2. The first-order valence-corrected chi connectivity index (χ1v) is 8.97. The van der Waals surface area contributed by atoms with E-state index in [-0.39, 0.29) is 17.4 Å². The molecular formula is C21H17F2N5O. The third kappa shape index (κ3) is 3.55. The fraction of sp³-hybridized carbons (Fsp3) is 0.190. The van der Waals surface area contributed by atoms with E-state index in [0.717, 1.165) is 30.2 Å². The van der Waals surface area contributed by atoms with Gasteiger partial charge in [0.25, 0.3) is 0 Å². The third-order valence-corrected chi connectivity index (χ3v) is 4.96. The lowest BCUT2D eigenvalue weighted by Crippen LogP contribution is -2.08. The largest absolute Gasteiger partial charge is 0.486 e. The van der Waals surface area contributed by atoms with Gasteiger partial charge in [-0.05, 0) is 54.3 Å². The Kier molecular flexibility index (Phi) is 4.72. The number of nitrogens with two attached hydrogens (primary N) is 1. The number of nitrogens with zero attached hydrogens (tertiary/aromatic N) is 3. The second kappa shape index (κ2) is 7.36. The Morgan fingerprint density at radius 3 is 2.86 bits per heavy atom. The summed E-state index contributed by atoms with van der Waals surface area (Å²) in [6, 6.07) is 12.7. The number of aryl methyl sites for hydroxylation is 1. The molecule has 8 heteroatoms. The number of fused-ring (bicyclic) bond motifs is 1. The van der Waals surface area contributed by atoms with E-state index in [0.29, 0.717) is 27.2 Å². The zero-order valence-electron chi connectivity index (χ0n) is 15.3. The molecule has 0 bridgehead atoms. The number of ether oxygens (including phenoxy) is 1. The van der Waals surface area contributed by atoms with E-state index in [1.165, 1.54) is 6.20 Å². The molecule has 29 heavy (non-hydrogen) atoms. The van der Waals surface area contributed by atoms with E-state index in [1.54, 1.807) is 24.3 Å². The lowest BCUT2D eigenvalue weighted by atomic mass is 10.0. The molecule has 1 unspecified atom stereocenters. The zero-order valence-corrected chi connectivity index (χ0v) is 15.3. The summed E-state index contributed by atoms with van der Waals surface area (Å²) in [6.45, 7) is -2.77. The molecule has 0 saturated heterocycles. The van der Waals surface area contributed by atoms with Crippen molar-refractivity contribution in [3.63, 3.8) is 0 Å². The maximum absolute atomic E-state index is 12.8. The van der Waals surface area contributed by atoms with Gasteiger partial charge in [-0.3, -0.25) is 5.41 Å². The topological polar surface area (TPSA) is 101 Å². The summed E-state index contributed by atoms with van der Waals surface area (Å²) >= 11 is 0. The van der Waals surface area contributed by atoms with Crippen LogP contribution in [0.2, 0.25) is 0 Å². The Labute approximate surface area is 165 Å². The van der Waals surface area contributed by atoms with Crippen LogP contribution in [0.25, 0.3) is 0 Å². The van der Waals surface area contributed by atoms with Crippen LogP contribution in [0.15, 0.2) is 48.8 Å². The average Bonchev–Trinajstić information content (AvgIpc) is 3.36. The van der Waals surface area contributed by atoms with Crippen molar-refractivity contribution in [2.75, 3.05) is 5.73 Å². The van der Waals surface area contributed by atoms with Gasteiger partial charge >= 0.3 is 6.55 Å². The predicted molar refractivity (Wildman–Crippen MR) is 103 cm³/mol. The molecule has 1 heterocycles. The SMILES string of the molecule is N#Cc1ccc2c(c1)CCC2Oc1ccc(N)c(C(=N)c2cnn(C(F)F)c2)c1. The van der Waals surface area contributed by atoms with Gasteiger partial charge in [0.2, 0.25) is 0 Å². The Morgan fingerprint density at radius 2 is 2.14 bits per heavy atom. The fourth-order valence-corrected chi connectivity index (χ4v) is 3.49. The van der Waals surface area contributed by atoms with Gasteiger partial charge in [-0.15, -0.1) is 0 Å². The lowest BCUT2D eigenvalue weighted by molar-refractivity contribution is 0.0566. The molecule has 0 fully saturated rings. The quantitative estimate of drug-likeness (QED) is 0.501. The van der Waals surface area contributed by atoms with Crippen LogP contribution >= 0.6 is 0 Å². The zero-order chi connectivity index (χ0) is 20.5. The van der Waals surface area contributed by atoms with E-state index in [2.05, 4.69) is 11.2 Å². The minimum absolute atomic E-state index is 0.00895. The van der Waals surface area contributed by atoms with E-state index < -0.39 is 6.55 Å². The van der Waals surface area contributed by atoms with Gasteiger partial charge in [0, 0.05) is 23.0 Å². The average molecular weight is 393 g/mol. The molecule has 0 aliphatic heterocycles. The first-order chi connectivity index (χ1) is 14.0. The molecule has 4 rings (SSSR count). The number of nitriles is 1. The van der Waals surface area contributed by atoms with Crippen molar-refractivity contribution in [2.45, 2.75) is 25.5 Å². The van der Waals surface area contributed by atoms with Crippen LogP contribution in [-0.4, -0.2) is 15.5 Å². The summed E-state index contributed by atoms with van der Waals surface area (Å²) in [5.41, 5.74) is 9.72. The molecule has 3 aromatic rings. The summed E-state index contributed by atoms with van der Waals surface area (Å²) in [5, 5.41) is 21.0. The summed E-state index contributed by atoms with van der Waals surface area (Å²) < 4.78 is 32.1.